The maximum absolute atomic E-state index is 11.8. The molecule has 2 rings (SSSR count). The molecule has 0 aliphatic heterocycles. The Balaban J connectivity index is 2.08. The minimum absolute atomic E-state index is 0.0795. The average molecular weight is 273 g/mol. The number of H-pyrrole nitrogens is 1. The van der Waals surface area contributed by atoms with E-state index < -0.39 is 10.0 Å². The molecule has 4 N–H and O–H groups in total. The van der Waals surface area contributed by atoms with Crippen LogP contribution in [0.3, 0.4) is 0 Å². The summed E-state index contributed by atoms with van der Waals surface area (Å²) < 4.78 is 26.1. The van der Waals surface area contributed by atoms with Crippen LogP contribution in [0.2, 0.25) is 0 Å². The fourth-order valence-electron chi connectivity index (χ4n) is 1.17. The molecule has 0 aliphatic rings. The van der Waals surface area contributed by atoms with Crippen molar-refractivity contribution >= 4 is 21.4 Å². The summed E-state index contributed by atoms with van der Waals surface area (Å²) in [7, 11) is -3.51. The molecular weight excluding hydrogens is 262 g/mol. The van der Waals surface area contributed by atoms with Crippen molar-refractivity contribution in [3.8, 4) is 0 Å². The molecule has 0 bridgehead atoms. The number of nitrogens with one attached hydrogen (secondary N) is 2. The van der Waals surface area contributed by atoms with E-state index in [-0.39, 0.29) is 11.4 Å². The molecule has 0 atom stereocenters. The van der Waals surface area contributed by atoms with E-state index in [0.29, 0.717) is 12.4 Å². The zero-order valence-corrected chi connectivity index (χ0v) is 10.4. The maximum Gasteiger partial charge on any atom is 0.241 e. The number of rotatable bonds is 5. The molecule has 2 aromatic heterocycles. The van der Waals surface area contributed by atoms with Gasteiger partial charge in [0.15, 0.2) is 0 Å². The molecule has 0 radical (unpaired) electrons. The number of nitrogens with zero attached hydrogens (tertiary/aromatic N) is 2. The van der Waals surface area contributed by atoms with E-state index in [1.54, 1.807) is 11.4 Å². The minimum Gasteiger partial charge on any atom is -0.326 e. The Bertz CT molecular complexity index is 575. The third-order valence-corrected chi connectivity index (χ3v) is 4.52. The molecule has 0 unspecified atom stereocenters. The van der Waals surface area contributed by atoms with Crippen molar-refractivity contribution in [2.45, 2.75) is 18.0 Å². The average Bonchev–Trinajstić information content (AvgIpc) is 2.98. The highest BCUT2D eigenvalue weighted by atomic mass is 32.2. The summed E-state index contributed by atoms with van der Waals surface area (Å²) in [6.07, 6.45) is 1.32. The fourth-order valence-corrected chi connectivity index (χ4v) is 3.31. The van der Waals surface area contributed by atoms with Crippen LogP contribution >= 0.6 is 11.3 Å². The summed E-state index contributed by atoms with van der Waals surface area (Å²) in [5.41, 5.74) is 5.43. The molecule has 2 aromatic rings. The van der Waals surface area contributed by atoms with Crippen LogP contribution in [-0.4, -0.2) is 23.6 Å². The zero-order valence-electron chi connectivity index (χ0n) is 8.75. The van der Waals surface area contributed by atoms with Crippen LogP contribution in [0, 0.1) is 0 Å². The second kappa shape index (κ2) is 4.92. The summed E-state index contributed by atoms with van der Waals surface area (Å²) in [5, 5.41) is 7.76. The van der Waals surface area contributed by atoms with Gasteiger partial charge in [-0.1, -0.05) is 0 Å². The Morgan fingerprint density at radius 2 is 2.35 bits per heavy atom. The largest absolute Gasteiger partial charge is 0.326 e. The molecule has 0 saturated carbocycles. The molecule has 0 fully saturated rings. The highest BCUT2D eigenvalue weighted by Crippen LogP contribution is 2.18. The number of aromatic amines is 1. The lowest BCUT2D eigenvalue weighted by Crippen LogP contribution is -2.23. The SMILES string of the molecule is NCc1cc(S(=O)(=O)NCc2ncn[nH]2)cs1. The molecular formula is C8H11N5O2S2. The first-order valence-corrected chi connectivity index (χ1v) is 7.09. The van der Waals surface area contributed by atoms with Gasteiger partial charge in [0.2, 0.25) is 10.0 Å². The molecule has 0 saturated heterocycles. The molecule has 0 spiro atoms. The zero-order chi connectivity index (χ0) is 12.3. The van der Waals surface area contributed by atoms with Crippen LogP contribution in [0.15, 0.2) is 22.7 Å². The van der Waals surface area contributed by atoms with Crippen LogP contribution in [0.1, 0.15) is 10.7 Å². The van der Waals surface area contributed by atoms with Gasteiger partial charge in [0.25, 0.3) is 0 Å². The third-order valence-electron chi connectivity index (χ3n) is 2.04. The van der Waals surface area contributed by atoms with Crippen molar-refractivity contribution in [3.63, 3.8) is 0 Å². The highest BCUT2D eigenvalue weighted by Gasteiger charge is 2.16. The number of aromatic nitrogens is 3. The van der Waals surface area contributed by atoms with Gasteiger partial charge in [-0.2, -0.15) is 5.10 Å². The van der Waals surface area contributed by atoms with E-state index in [2.05, 4.69) is 19.9 Å². The molecule has 0 aliphatic carbocycles. The molecule has 7 nitrogen and oxygen atoms in total. The van der Waals surface area contributed by atoms with Crippen molar-refractivity contribution < 1.29 is 8.42 Å². The quantitative estimate of drug-likeness (QED) is 0.698. The first kappa shape index (κ1) is 12.2. The molecule has 0 amide bonds. The summed E-state index contributed by atoms with van der Waals surface area (Å²) in [5.74, 6) is 0.461. The van der Waals surface area contributed by atoms with Crippen LogP contribution < -0.4 is 10.5 Å². The minimum atomic E-state index is -3.51. The van der Waals surface area contributed by atoms with Crippen LogP contribution in [-0.2, 0) is 23.1 Å². The number of hydrogen-bond donors (Lipinski definition) is 3. The monoisotopic (exact) mass is 273 g/mol. The second-order valence-electron chi connectivity index (χ2n) is 3.21. The number of nitrogens with two attached hydrogens (primary N) is 1. The van der Waals surface area contributed by atoms with Crippen molar-refractivity contribution in [2.75, 3.05) is 0 Å². The van der Waals surface area contributed by atoms with Gasteiger partial charge in [0.05, 0.1) is 11.4 Å². The number of sulfonamides is 1. The first-order chi connectivity index (χ1) is 8.12. The van der Waals surface area contributed by atoms with Crippen molar-refractivity contribution in [1.82, 2.24) is 19.9 Å². The summed E-state index contributed by atoms with van der Waals surface area (Å²) in [6.45, 7) is 0.415. The maximum atomic E-state index is 11.8. The van der Waals surface area contributed by atoms with Gasteiger partial charge in [0.1, 0.15) is 12.2 Å². The predicted octanol–water partition coefficient (Wildman–Crippen LogP) is -0.197. The van der Waals surface area contributed by atoms with Gasteiger partial charge in [-0.15, -0.1) is 11.3 Å². The van der Waals surface area contributed by atoms with E-state index in [9.17, 15) is 8.42 Å². The summed E-state index contributed by atoms with van der Waals surface area (Å²) >= 11 is 1.32. The molecule has 9 heteroatoms. The Morgan fingerprint density at radius 3 is 2.94 bits per heavy atom. The standard InChI is InChI=1S/C8H11N5O2S2/c9-2-6-1-7(4-16-6)17(14,15)12-3-8-10-5-11-13-8/h1,4-5,12H,2-3,9H2,(H,10,11,13). The number of hydrogen-bond acceptors (Lipinski definition) is 6. The van der Waals surface area contributed by atoms with E-state index >= 15 is 0 Å². The Morgan fingerprint density at radius 1 is 1.53 bits per heavy atom. The van der Waals surface area contributed by atoms with Gasteiger partial charge in [-0.3, -0.25) is 5.10 Å². The predicted molar refractivity (Wildman–Crippen MR) is 62.6 cm³/mol. The summed E-state index contributed by atoms with van der Waals surface area (Å²) in [4.78, 5) is 4.87. The van der Waals surface area contributed by atoms with Crippen LogP contribution in [0.4, 0.5) is 0 Å². The topological polar surface area (TPSA) is 114 Å². The van der Waals surface area contributed by atoms with Crippen LogP contribution in [0.5, 0.6) is 0 Å². The molecule has 0 aromatic carbocycles. The van der Waals surface area contributed by atoms with Gasteiger partial charge < -0.3 is 5.73 Å². The van der Waals surface area contributed by atoms with Gasteiger partial charge >= 0.3 is 0 Å². The summed E-state index contributed by atoms with van der Waals surface area (Å²) in [6, 6.07) is 1.56. The highest BCUT2D eigenvalue weighted by molar-refractivity contribution is 7.89. The van der Waals surface area contributed by atoms with Crippen molar-refractivity contribution in [1.29, 1.82) is 0 Å². The lowest BCUT2D eigenvalue weighted by atomic mass is 10.5. The van der Waals surface area contributed by atoms with E-state index in [4.69, 9.17) is 5.73 Å². The number of thiophene rings is 1. The third kappa shape index (κ3) is 2.88. The van der Waals surface area contributed by atoms with E-state index in [1.807, 2.05) is 0 Å². The van der Waals surface area contributed by atoms with Crippen LogP contribution in [0.25, 0.3) is 0 Å². The fraction of sp³-hybridized carbons (Fsp3) is 0.250. The lowest BCUT2D eigenvalue weighted by Gasteiger charge is -2.01. The van der Waals surface area contributed by atoms with Gasteiger partial charge in [-0.05, 0) is 6.07 Å². The van der Waals surface area contributed by atoms with E-state index in [1.165, 1.54) is 17.7 Å². The van der Waals surface area contributed by atoms with Gasteiger partial charge in [0, 0.05) is 16.8 Å². The van der Waals surface area contributed by atoms with Gasteiger partial charge in [-0.25, -0.2) is 18.1 Å². The Kier molecular flexibility index (Phi) is 3.52. The molecule has 17 heavy (non-hydrogen) atoms. The van der Waals surface area contributed by atoms with Crippen molar-refractivity contribution in [3.05, 3.63) is 28.5 Å². The molecule has 92 valence electrons. The Hall–Kier alpha value is -1.29. The smallest absolute Gasteiger partial charge is 0.241 e. The normalized spacial score (nSPS) is 11.8. The lowest BCUT2D eigenvalue weighted by molar-refractivity contribution is 0.579. The Labute approximate surface area is 102 Å². The van der Waals surface area contributed by atoms with Crippen molar-refractivity contribution in [2.24, 2.45) is 5.73 Å². The molecule has 2 heterocycles. The first-order valence-electron chi connectivity index (χ1n) is 4.73. The second-order valence-corrected chi connectivity index (χ2v) is 5.97. The van der Waals surface area contributed by atoms with E-state index in [0.717, 1.165) is 4.88 Å².